The van der Waals surface area contributed by atoms with Gasteiger partial charge in [0.2, 0.25) is 0 Å². The van der Waals surface area contributed by atoms with Gasteiger partial charge in [-0.2, -0.15) is 0 Å². The van der Waals surface area contributed by atoms with Crippen LogP contribution in [0.4, 0.5) is 0 Å². The molecule has 0 amide bonds. The van der Waals surface area contributed by atoms with Crippen molar-refractivity contribution in [3.63, 3.8) is 0 Å². The van der Waals surface area contributed by atoms with E-state index in [1.807, 2.05) is 19.2 Å². The van der Waals surface area contributed by atoms with Crippen LogP contribution in [0.25, 0.3) is 0 Å². The molecule has 0 radical (unpaired) electrons. The molecule has 1 atom stereocenters. The number of H-pyrrole nitrogens is 1. The van der Waals surface area contributed by atoms with E-state index in [2.05, 4.69) is 11.1 Å². The van der Waals surface area contributed by atoms with Crippen molar-refractivity contribution in [1.82, 2.24) is 4.98 Å². The van der Waals surface area contributed by atoms with Gasteiger partial charge in [-0.05, 0) is 0 Å². The second-order valence-corrected chi connectivity index (χ2v) is 4.29. The van der Waals surface area contributed by atoms with Gasteiger partial charge in [0.05, 0.1) is 0 Å². The summed E-state index contributed by atoms with van der Waals surface area (Å²) in [6, 6.07) is 4.07. The number of ether oxygens (including phenoxy) is 2. The molecule has 1 N–H and O–H groups in total. The standard InChI is InChI=1S/C8H13NO2Se/c1-7(10-2)11-6-12-8-4-3-5-9-8/h3-5,7,9H,6H2,1-2H3. The molecular weight excluding hydrogens is 221 g/mol. The molecule has 0 fully saturated rings. The summed E-state index contributed by atoms with van der Waals surface area (Å²) in [7, 11) is 1.65. The zero-order valence-electron chi connectivity index (χ0n) is 7.24. The van der Waals surface area contributed by atoms with Crippen molar-refractivity contribution in [3.8, 4) is 0 Å². The summed E-state index contributed by atoms with van der Waals surface area (Å²) in [5, 5.41) is 0. The Hall–Kier alpha value is -0.281. The average molecular weight is 234 g/mol. The van der Waals surface area contributed by atoms with Gasteiger partial charge >= 0.3 is 78.2 Å². The molecule has 0 aliphatic carbocycles. The van der Waals surface area contributed by atoms with Gasteiger partial charge < -0.3 is 0 Å². The topological polar surface area (TPSA) is 34.2 Å². The summed E-state index contributed by atoms with van der Waals surface area (Å²) in [6.45, 7) is 1.89. The maximum atomic E-state index is 5.35. The third-order valence-corrected chi connectivity index (χ3v) is 3.14. The normalized spacial score (nSPS) is 13.2. The number of hydrogen-bond acceptors (Lipinski definition) is 2. The monoisotopic (exact) mass is 235 g/mol. The van der Waals surface area contributed by atoms with Crippen LogP contribution in [0.5, 0.6) is 0 Å². The molecule has 1 heterocycles. The van der Waals surface area contributed by atoms with Crippen molar-refractivity contribution in [2.45, 2.75) is 13.2 Å². The molecule has 0 saturated heterocycles. The predicted molar refractivity (Wildman–Crippen MR) is 48.6 cm³/mol. The van der Waals surface area contributed by atoms with E-state index in [1.165, 1.54) is 4.59 Å². The number of rotatable bonds is 5. The molecule has 0 aliphatic rings. The fourth-order valence-corrected chi connectivity index (χ4v) is 2.16. The molecule has 3 nitrogen and oxygen atoms in total. The van der Waals surface area contributed by atoms with E-state index in [0.29, 0.717) is 15.0 Å². The first-order valence-electron chi connectivity index (χ1n) is 3.73. The van der Waals surface area contributed by atoms with Crippen molar-refractivity contribution in [2.24, 2.45) is 0 Å². The number of aromatic nitrogens is 1. The van der Waals surface area contributed by atoms with Gasteiger partial charge in [0, 0.05) is 0 Å². The quantitative estimate of drug-likeness (QED) is 0.587. The van der Waals surface area contributed by atoms with Gasteiger partial charge in [-0.3, -0.25) is 0 Å². The Bertz CT molecular complexity index is 201. The van der Waals surface area contributed by atoms with Gasteiger partial charge in [-0.1, -0.05) is 0 Å². The maximum absolute atomic E-state index is 5.35. The summed E-state index contributed by atoms with van der Waals surface area (Å²) < 4.78 is 11.6. The van der Waals surface area contributed by atoms with Crippen molar-refractivity contribution in [3.05, 3.63) is 18.3 Å². The molecule has 68 valence electrons. The van der Waals surface area contributed by atoms with Crippen LogP contribution < -0.4 is 4.59 Å². The van der Waals surface area contributed by atoms with Gasteiger partial charge in [0.25, 0.3) is 0 Å². The third kappa shape index (κ3) is 3.41. The minimum absolute atomic E-state index is 0.0955. The first-order chi connectivity index (χ1) is 5.83. The van der Waals surface area contributed by atoms with Crippen molar-refractivity contribution in [2.75, 3.05) is 12.6 Å². The van der Waals surface area contributed by atoms with Crippen molar-refractivity contribution in [1.29, 1.82) is 0 Å². The minimum atomic E-state index is -0.0955. The van der Waals surface area contributed by atoms with Crippen LogP contribution in [0.15, 0.2) is 18.3 Å². The summed E-state index contributed by atoms with van der Waals surface area (Å²) in [6.07, 6.45) is 1.83. The summed E-state index contributed by atoms with van der Waals surface area (Å²) in [4.78, 5) is 3.14. The van der Waals surface area contributed by atoms with E-state index in [9.17, 15) is 0 Å². The van der Waals surface area contributed by atoms with E-state index in [0.717, 1.165) is 5.51 Å². The van der Waals surface area contributed by atoms with E-state index in [1.54, 1.807) is 7.11 Å². The molecule has 1 aromatic heterocycles. The van der Waals surface area contributed by atoms with E-state index < -0.39 is 0 Å². The molecule has 1 aromatic rings. The number of nitrogens with one attached hydrogen (secondary N) is 1. The summed E-state index contributed by atoms with van der Waals surface area (Å²) in [5.41, 5.74) is 0.753. The Morgan fingerprint density at radius 2 is 2.50 bits per heavy atom. The Balaban J connectivity index is 2.11. The molecule has 0 bridgehead atoms. The zero-order chi connectivity index (χ0) is 8.81. The SMILES string of the molecule is COC(C)OC[Se]c1ccc[nH]1. The van der Waals surface area contributed by atoms with Crippen LogP contribution in [0.2, 0.25) is 0 Å². The fourth-order valence-electron chi connectivity index (χ4n) is 0.665. The molecule has 0 spiro atoms. The number of aromatic amines is 1. The number of methoxy groups -OCH3 is 1. The Kier molecular flexibility index (Phi) is 4.40. The van der Waals surface area contributed by atoms with Gasteiger partial charge in [-0.15, -0.1) is 0 Å². The molecule has 1 unspecified atom stereocenters. The zero-order valence-corrected chi connectivity index (χ0v) is 8.95. The van der Waals surface area contributed by atoms with E-state index in [-0.39, 0.29) is 6.29 Å². The Morgan fingerprint density at radius 3 is 3.08 bits per heavy atom. The molecule has 12 heavy (non-hydrogen) atoms. The molecule has 1 rings (SSSR count). The van der Waals surface area contributed by atoms with Gasteiger partial charge in [-0.25, -0.2) is 0 Å². The van der Waals surface area contributed by atoms with Crippen LogP contribution in [0.3, 0.4) is 0 Å². The van der Waals surface area contributed by atoms with Crippen molar-refractivity contribution < 1.29 is 9.47 Å². The van der Waals surface area contributed by atoms with Crippen LogP contribution >= 0.6 is 0 Å². The van der Waals surface area contributed by atoms with Crippen LogP contribution in [0.1, 0.15) is 6.92 Å². The van der Waals surface area contributed by atoms with Crippen LogP contribution in [0, 0.1) is 0 Å². The fraction of sp³-hybridized carbons (Fsp3) is 0.500. The Morgan fingerprint density at radius 1 is 1.67 bits per heavy atom. The molecular formula is C8H13NO2Se. The third-order valence-electron chi connectivity index (χ3n) is 1.42. The average Bonchev–Trinajstić information content (AvgIpc) is 2.57. The molecule has 0 saturated carbocycles. The van der Waals surface area contributed by atoms with Crippen LogP contribution in [-0.2, 0) is 9.47 Å². The first-order valence-corrected chi connectivity index (χ1v) is 5.80. The number of hydrogen-bond donors (Lipinski definition) is 1. The Labute approximate surface area is 78.6 Å². The van der Waals surface area contributed by atoms with E-state index in [4.69, 9.17) is 9.47 Å². The second kappa shape index (κ2) is 5.38. The molecule has 0 aliphatic heterocycles. The van der Waals surface area contributed by atoms with Crippen molar-refractivity contribution >= 4 is 19.5 Å². The van der Waals surface area contributed by atoms with Crippen LogP contribution in [-0.4, -0.2) is 38.8 Å². The summed E-state index contributed by atoms with van der Waals surface area (Å²) in [5.74, 6) is 0. The second-order valence-electron chi connectivity index (χ2n) is 2.27. The molecule has 4 heteroatoms. The molecule has 0 aromatic carbocycles. The summed E-state index contributed by atoms with van der Waals surface area (Å²) >= 11 is 0.371. The van der Waals surface area contributed by atoms with Gasteiger partial charge in [0.15, 0.2) is 0 Å². The van der Waals surface area contributed by atoms with E-state index >= 15 is 0 Å². The first kappa shape index (κ1) is 9.80. The van der Waals surface area contributed by atoms with Gasteiger partial charge in [0.1, 0.15) is 0 Å². The predicted octanol–water partition coefficient (Wildman–Crippen LogP) is 0.311.